The Kier molecular flexibility index (Phi) is 6.54. The molecule has 1 saturated carbocycles. The van der Waals surface area contributed by atoms with Crippen LogP contribution >= 0.6 is 0 Å². The first kappa shape index (κ1) is 14.1. The minimum Gasteiger partial charge on any atom is -0.0893 e. The van der Waals surface area contributed by atoms with Gasteiger partial charge in [0.25, 0.3) is 0 Å². The summed E-state index contributed by atoms with van der Waals surface area (Å²) in [6.45, 7) is 7.35. The summed E-state index contributed by atoms with van der Waals surface area (Å²) in [7, 11) is 1.35. The zero-order chi connectivity index (χ0) is 11.9. The van der Waals surface area contributed by atoms with Gasteiger partial charge in [-0.25, -0.2) is 0 Å². The van der Waals surface area contributed by atoms with Gasteiger partial charge in [-0.2, -0.15) is 0 Å². The van der Waals surface area contributed by atoms with Crippen LogP contribution < -0.4 is 0 Å². The van der Waals surface area contributed by atoms with Crippen molar-refractivity contribution >= 4 is 7.28 Å². The highest BCUT2D eigenvalue weighted by atomic mass is 14.3. The van der Waals surface area contributed by atoms with Crippen molar-refractivity contribution in [1.29, 1.82) is 0 Å². The Morgan fingerprint density at radius 3 is 1.75 bits per heavy atom. The van der Waals surface area contributed by atoms with Gasteiger partial charge >= 0.3 is 0 Å². The van der Waals surface area contributed by atoms with Crippen LogP contribution in [-0.2, 0) is 0 Å². The lowest BCUT2D eigenvalue weighted by molar-refractivity contribution is 0.198. The second kappa shape index (κ2) is 7.40. The summed E-state index contributed by atoms with van der Waals surface area (Å²) in [6.07, 6.45) is 14.8. The van der Waals surface area contributed by atoms with Crippen LogP contribution in [0.5, 0.6) is 0 Å². The van der Waals surface area contributed by atoms with Gasteiger partial charge in [-0.1, -0.05) is 71.9 Å². The fourth-order valence-electron chi connectivity index (χ4n) is 3.44. The van der Waals surface area contributed by atoms with Gasteiger partial charge in [0.05, 0.1) is 0 Å². The van der Waals surface area contributed by atoms with Crippen molar-refractivity contribution < 1.29 is 0 Å². The molecule has 0 radical (unpaired) electrons. The van der Waals surface area contributed by atoms with E-state index in [9.17, 15) is 0 Å². The first-order valence-electron chi connectivity index (χ1n) is 7.67. The minimum absolute atomic E-state index is 0.591. The average molecular weight is 222 g/mol. The van der Waals surface area contributed by atoms with Crippen LogP contribution in [0.4, 0.5) is 0 Å². The molecule has 0 spiro atoms. The molecule has 0 N–H and O–H groups in total. The third-order valence-electron chi connectivity index (χ3n) is 4.60. The van der Waals surface area contributed by atoms with Crippen LogP contribution in [0.25, 0.3) is 0 Å². The van der Waals surface area contributed by atoms with Crippen LogP contribution in [0.1, 0.15) is 71.6 Å². The van der Waals surface area contributed by atoms with E-state index < -0.39 is 0 Å². The minimum atomic E-state index is 0.591. The largest absolute Gasteiger partial charge is 0.118 e. The van der Waals surface area contributed by atoms with Gasteiger partial charge in [0.1, 0.15) is 7.28 Å². The molecule has 1 rings (SSSR count). The van der Waals surface area contributed by atoms with Crippen LogP contribution in [0, 0.1) is 11.3 Å². The average Bonchev–Trinajstić information content (AvgIpc) is 2.25. The highest BCUT2D eigenvalue weighted by molar-refractivity contribution is 6.33. The summed E-state index contributed by atoms with van der Waals surface area (Å²) in [5.74, 6) is 0.991. The lowest BCUT2D eigenvalue weighted by Gasteiger charge is -2.35. The van der Waals surface area contributed by atoms with E-state index in [0.29, 0.717) is 5.41 Å². The normalized spacial score (nSPS) is 21.7. The van der Waals surface area contributed by atoms with E-state index in [4.69, 9.17) is 0 Å². The highest BCUT2D eigenvalue weighted by Crippen LogP contribution is 2.38. The number of hydrogen-bond donors (Lipinski definition) is 0. The van der Waals surface area contributed by atoms with E-state index in [2.05, 4.69) is 20.7 Å². The van der Waals surface area contributed by atoms with Crippen molar-refractivity contribution in [2.24, 2.45) is 11.3 Å². The van der Waals surface area contributed by atoms with Gasteiger partial charge in [-0.05, 0) is 24.2 Å². The summed E-state index contributed by atoms with van der Waals surface area (Å²) in [5, 5.41) is 0. The molecule has 1 fully saturated rings. The molecule has 0 aliphatic heterocycles. The Balaban J connectivity index is 2.46. The van der Waals surface area contributed by atoms with Gasteiger partial charge in [0, 0.05) is 0 Å². The predicted octanol–water partition coefficient (Wildman–Crippen LogP) is 5.06. The van der Waals surface area contributed by atoms with Crippen LogP contribution in [0.3, 0.4) is 0 Å². The zero-order valence-electron chi connectivity index (χ0n) is 11.9. The Morgan fingerprint density at radius 1 is 0.875 bits per heavy atom. The van der Waals surface area contributed by atoms with Crippen molar-refractivity contribution in [1.82, 2.24) is 0 Å². The van der Waals surface area contributed by atoms with Gasteiger partial charge < -0.3 is 0 Å². The molecule has 16 heavy (non-hydrogen) atoms. The standard InChI is InChI=1S/C15H31B/c1-15(2,13-16-3)14-11-9-7-5-4-6-8-10-12-14/h14,16H,4-13H2,1-3H3. The summed E-state index contributed by atoms with van der Waals surface area (Å²) >= 11 is 0. The van der Waals surface area contributed by atoms with Gasteiger partial charge in [-0.15, -0.1) is 0 Å². The molecule has 1 aliphatic rings. The summed E-state index contributed by atoms with van der Waals surface area (Å²) in [4.78, 5) is 0. The topological polar surface area (TPSA) is 0 Å². The fourth-order valence-corrected chi connectivity index (χ4v) is 3.44. The second-order valence-electron chi connectivity index (χ2n) is 6.49. The first-order valence-corrected chi connectivity index (χ1v) is 7.67. The van der Waals surface area contributed by atoms with Crippen molar-refractivity contribution in [3.8, 4) is 0 Å². The molecule has 0 aromatic rings. The summed E-state index contributed by atoms with van der Waals surface area (Å²) in [6, 6.07) is 0. The fraction of sp³-hybridized carbons (Fsp3) is 1.00. The molecule has 0 aromatic heterocycles. The van der Waals surface area contributed by atoms with Gasteiger partial charge in [0.15, 0.2) is 0 Å². The molecule has 0 heterocycles. The molecular weight excluding hydrogens is 191 g/mol. The molecule has 0 atom stereocenters. The summed E-state index contributed by atoms with van der Waals surface area (Å²) < 4.78 is 0. The van der Waals surface area contributed by atoms with Crippen LogP contribution in [0.15, 0.2) is 0 Å². The molecule has 94 valence electrons. The molecule has 1 heteroatoms. The maximum atomic E-state index is 2.51. The van der Waals surface area contributed by atoms with E-state index in [1.54, 1.807) is 0 Å². The SMILES string of the molecule is CBCC(C)(C)C1CCCCCCCCC1. The molecule has 0 saturated heterocycles. The van der Waals surface area contributed by atoms with Gasteiger partial charge in [0.2, 0.25) is 0 Å². The summed E-state index contributed by atoms with van der Waals surface area (Å²) in [5.41, 5.74) is 0.591. The Bertz CT molecular complexity index is 164. The predicted molar refractivity (Wildman–Crippen MR) is 76.6 cm³/mol. The Morgan fingerprint density at radius 2 is 1.31 bits per heavy atom. The second-order valence-corrected chi connectivity index (χ2v) is 6.49. The monoisotopic (exact) mass is 222 g/mol. The molecule has 0 unspecified atom stereocenters. The molecule has 0 nitrogen and oxygen atoms in total. The quantitative estimate of drug-likeness (QED) is 0.586. The van der Waals surface area contributed by atoms with Gasteiger partial charge in [-0.3, -0.25) is 0 Å². The molecule has 0 aromatic carbocycles. The lowest BCUT2D eigenvalue weighted by Crippen LogP contribution is -2.25. The van der Waals surface area contributed by atoms with Crippen LogP contribution in [-0.4, -0.2) is 7.28 Å². The Labute approximate surface area is 104 Å². The van der Waals surface area contributed by atoms with E-state index in [1.165, 1.54) is 71.4 Å². The smallest absolute Gasteiger partial charge is 0.0893 e. The number of rotatable bonds is 3. The van der Waals surface area contributed by atoms with E-state index in [1.807, 2.05) is 0 Å². The van der Waals surface area contributed by atoms with E-state index >= 15 is 0 Å². The molecule has 0 bridgehead atoms. The first-order chi connectivity index (χ1) is 7.67. The maximum Gasteiger partial charge on any atom is 0.118 e. The van der Waals surface area contributed by atoms with Crippen molar-refractivity contribution in [2.45, 2.75) is 84.8 Å². The highest BCUT2D eigenvalue weighted by Gasteiger charge is 2.27. The zero-order valence-corrected chi connectivity index (χ0v) is 11.9. The van der Waals surface area contributed by atoms with Crippen molar-refractivity contribution in [2.75, 3.05) is 0 Å². The third kappa shape index (κ3) is 4.93. The Hall–Kier alpha value is 0.0649. The molecule has 1 aliphatic carbocycles. The molecule has 0 amide bonds. The number of hydrogen-bond acceptors (Lipinski definition) is 0. The van der Waals surface area contributed by atoms with E-state index in [0.717, 1.165) is 5.92 Å². The van der Waals surface area contributed by atoms with Crippen LogP contribution in [0.2, 0.25) is 13.1 Å². The molecular formula is C15H31B. The third-order valence-corrected chi connectivity index (χ3v) is 4.60. The van der Waals surface area contributed by atoms with Crippen molar-refractivity contribution in [3.05, 3.63) is 0 Å². The lowest BCUT2D eigenvalue weighted by atomic mass is 9.59. The maximum absolute atomic E-state index is 2.51. The van der Waals surface area contributed by atoms with E-state index in [-0.39, 0.29) is 0 Å². The van der Waals surface area contributed by atoms with Crippen molar-refractivity contribution in [3.63, 3.8) is 0 Å².